The van der Waals surface area contributed by atoms with Gasteiger partial charge in [-0.05, 0) is 19.1 Å². The second kappa shape index (κ2) is 4.12. The molecule has 5 nitrogen and oxygen atoms in total. The number of carbonyl (C=O) groups excluding carboxylic acids is 1. The Morgan fingerprint density at radius 1 is 1.18 bits per heavy atom. The minimum absolute atomic E-state index is 0.180. The molecule has 0 spiro atoms. The molecule has 0 unspecified atom stereocenters. The van der Waals surface area contributed by atoms with Crippen LogP contribution in [0.3, 0.4) is 0 Å². The number of aryl methyl sites for hydroxylation is 1. The summed E-state index contributed by atoms with van der Waals surface area (Å²) in [7, 11) is -2.13. The fourth-order valence-electron chi connectivity index (χ4n) is 1.74. The fourth-order valence-corrected chi connectivity index (χ4v) is 3.21. The van der Waals surface area contributed by atoms with Gasteiger partial charge in [0.1, 0.15) is 0 Å². The van der Waals surface area contributed by atoms with Crippen LogP contribution in [0, 0.1) is 6.92 Å². The lowest BCUT2D eigenvalue weighted by Gasteiger charge is -2.23. The van der Waals surface area contributed by atoms with Crippen LogP contribution in [0.15, 0.2) is 29.2 Å². The van der Waals surface area contributed by atoms with Crippen LogP contribution in [-0.4, -0.2) is 37.3 Å². The number of hydrogen-bond donors (Lipinski definition) is 0. The minimum atomic E-state index is -3.60. The highest BCUT2D eigenvalue weighted by molar-refractivity contribution is 7.89. The van der Waals surface area contributed by atoms with Crippen LogP contribution in [-0.2, 0) is 14.8 Å². The average molecular weight is 254 g/mol. The molecule has 1 heterocycles. The summed E-state index contributed by atoms with van der Waals surface area (Å²) >= 11 is 0. The summed E-state index contributed by atoms with van der Waals surface area (Å²) in [5.41, 5.74) is 0.995. The van der Waals surface area contributed by atoms with Crippen LogP contribution < -0.4 is 0 Å². The molecule has 1 amide bonds. The maximum atomic E-state index is 12.2. The SMILES string of the molecule is Cc1ccc(S(=O)(=O)N2CCC(=O)N2C)cc1. The van der Waals surface area contributed by atoms with Gasteiger partial charge in [-0.1, -0.05) is 17.7 Å². The molecule has 1 aliphatic heterocycles. The maximum Gasteiger partial charge on any atom is 0.260 e. The summed E-state index contributed by atoms with van der Waals surface area (Å²) < 4.78 is 25.6. The third-order valence-electron chi connectivity index (χ3n) is 2.81. The minimum Gasteiger partial charge on any atom is -0.273 e. The van der Waals surface area contributed by atoms with Crippen molar-refractivity contribution in [2.75, 3.05) is 13.6 Å². The van der Waals surface area contributed by atoms with E-state index in [-0.39, 0.29) is 23.8 Å². The van der Waals surface area contributed by atoms with Crippen LogP contribution >= 0.6 is 0 Å². The zero-order valence-electron chi connectivity index (χ0n) is 9.75. The second-order valence-corrected chi connectivity index (χ2v) is 5.87. The Kier molecular flexibility index (Phi) is 2.92. The summed E-state index contributed by atoms with van der Waals surface area (Å²) in [4.78, 5) is 11.5. The van der Waals surface area contributed by atoms with Crippen LogP contribution in [0.5, 0.6) is 0 Å². The van der Waals surface area contributed by atoms with Crippen molar-refractivity contribution in [3.05, 3.63) is 29.8 Å². The molecule has 0 aromatic heterocycles. The quantitative estimate of drug-likeness (QED) is 0.783. The first-order chi connectivity index (χ1) is 7.93. The van der Waals surface area contributed by atoms with Crippen LogP contribution in [0.1, 0.15) is 12.0 Å². The van der Waals surface area contributed by atoms with Crippen molar-refractivity contribution in [1.29, 1.82) is 0 Å². The largest absolute Gasteiger partial charge is 0.273 e. The number of amides is 1. The molecule has 2 rings (SSSR count). The summed E-state index contributed by atoms with van der Waals surface area (Å²) in [6, 6.07) is 6.60. The van der Waals surface area contributed by atoms with Gasteiger partial charge in [-0.2, -0.15) is 0 Å². The third kappa shape index (κ3) is 2.05. The molecule has 1 aromatic carbocycles. The summed E-state index contributed by atoms with van der Waals surface area (Å²) in [6.07, 6.45) is 0.238. The normalized spacial score (nSPS) is 17.8. The molecule has 0 aliphatic carbocycles. The zero-order valence-corrected chi connectivity index (χ0v) is 10.6. The van der Waals surface area contributed by atoms with E-state index in [0.717, 1.165) is 15.0 Å². The fraction of sp³-hybridized carbons (Fsp3) is 0.364. The standard InChI is InChI=1S/C11H14N2O3S/c1-9-3-5-10(6-4-9)17(15,16)13-8-7-11(14)12(13)2/h3-6H,7-8H2,1-2H3. The molecular weight excluding hydrogens is 240 g/mol. The number of hydrogen-bond acceptors (Lipinski definition) is 3. The van der Waals surface area contributed by atoms with E-state index in [9.17, 15) is 13.2 Å². The summed E-state index contributed by atoms with van der Waals surface area (Å²) in [5, 5.41) is 1.16. The van der Waals surface area contributed by atoms with E-state index < -0.39 is 10.0 Å². The maximum absolute atomic E-state index is 12.2. The Morgan fingerprint density at radius 3 is 2.24 bits per heavy atom. The first-order valence-corrected chi connectivity index (χ1v) is 6.73. The predicted molar refractivity (Wildman–Crippen MR) is 62.5 cm³/mol. The highest BCUT2D eigenvalue weighted by Gasteiger charge is 2.35. The topological polar surface area (TPSA) is 57.7 Å². The molecule has 0 radical (unpaired) electrons. The smallest absolute Gasteiger partial charge is 0.260 e. The molecular formula is C11H14N2O3S. The van der Waals surface area contributed by atoms with Crippen molar-refractivity contribution < 1.29 is 13.2 Å². The van der Waals surface area contributed by atoms with Crippen LogP contribution in [0.25, 0.3) is 0 Å². The lowest BCUT2D eigenvalue weighted by atomic mass is 10.2. The van der Waals surface area contributed by atoms with E-state index >= 15 is 0 Å². The van der Waals surface area contributed by atoms with Gasteiger partial charge in [-0.25, -0.2) is 8.42 Å². The van der Waals surface area contributed by atoms with Gasteiger partial charge in [0.15, 0.2) is 0 Å². The predicted octanol–water partition coefficient (Wildman–Crippen LogP) is 0.763. The first kappa shape index (κ1) is 12.1. The second-order valence-electron chi connectivity index (χ2n) is 4.03. The van der Waals surface area contributed by atoms with E-state index in [0.29, 0.717) is 0 Å². The Balaban J connectivity index is 2.37. The number of carbonyl (C=O) groups is 1. The molecule has 17 heavy (non-hydrogen) atoms. The van der Waals surface area contributed by atoms with Gasteiger partial charge in [0.25, 0.3) is 10.0 Å². The van der Waals surface area contributed by atoms with E-state index in [1.807, 2.05) is 6.92 Å². The van der Waals surface area contributed by atoms with Gasteiger partial charge < -0.3 is 0 Å². The van der Waals surface area contributed by atoms with Gasteiger partial charge in [-0.3, -0.25) is 9.80 Å². The van der Waals surface area contributed by atoms with E-state index in [4.69, 9.17) is 0 Å². The van der Waals surface area contributed by atoms with Gasteiger partial charge in [0, 0.05) is 20.0 Å². The number of hydrazine groups is 1. The number of rotatable bonds is 2. The molecule has 0 saturated carbocycles. The number of benzene rings is 1. The molecule has 0 bridgehead atoms. The number of nitrogens with zero attached hydrogens (tertiary/aromatic N) is 2. The van der Waals surface area contributed by atoms with Crippen molar-refractivity contribution in [3.63, 3.8) is 0 Å². The molecule has 92 valence electrons. The Hall–Kier alpha value is -1.40. The molecule has 1 fully saturated rings. The average Bonchev–Trinajstić information content (AvgIpc) is 2.61. The lowest BCUT2D eigenvalue weighted by Crippen LogP contribution is -2.40. The summed E-state index contributed by atoms with van der Waals surface area (Å²) in [5.74, 6) is -0.180. The van der Waals surface area contributed by atoms with Crippen molar-refractivity contribution >= 4 is 15.9 Å². The van der Waals surface area contributed by atoms with E-state index in [2.05, 4.69) is 0 Å². The van der Waals surface area contributed by atoms with Crippen LogP contribution in [0.2, 0.25) is 0 Å². The zero-order chi connectivity index (χ0) is 12.6. The van der Waals surface area contributed by atoms with Gasteiger partial charge >= 0.3 is 0 Å². The van der Waals surface area contributed by atoms with Gasteiger partial charge in [0.2, 0.25) is 5.91 Å². The van der Waals surface area contributed by atoms with Crippen molar-refractivity contribution in [1.82, 2.24) is 9.42 Å². The first-order valence-electron chi connectivity index (χ1n) is 5.29. The van der Waals surface area contributed by atoms with Crippen molar-refractivity contribution in [2.45, 2.75) is 18.2 Å². The van der Waals surface area contributed by atoms with Gasteiger partial charge in [0.05, 0.1) is 4.90 Å². The third-order valence-corrected chi connectivity index (χ3v) is 4.66. The van der Waals surface area contributed by atoms with Gasteiger partial charge in [-0.15, -0.1) is 4.41 Å². The molecule has 6 heteroatoms. The number of sulfonamides is 1. The highest BCUT2D eigenvalue weighted by Crippen LogP contribution is 2.21. The lowest BCUT2D eigenvalue weighted by molar-refractivity contribution is -0.131. The van der Waals surface area contributed by atoms with Crippen LogP contribution in [0.4, 0.5) is 0 Å². The molecule has 1 aliphatic rings. The van der Waals surface area contributed by atoms with E-state index in [1.54, 1.807) is 24.3 Å². The summed E-state index contributed by atoms with van der Waals surface area (Å²) in [6.45, 7) is 2.10. The van der Waals surface area contributed by atoms with Crippen molar-refractivity contribution in [3.8, 4) is 0 Å². The highest BCUT2D eigenvalue weighted by atomic mass is 32.2. The van der Waals surface area contributed by atoms with E-state index in [1.165, 1.54) is 7.05 Å². The molecule has 1 aromatic rings. The Bertz CT molecular complexity index is 536. The molecule has 0 N–H and O–H groups in total. The monoisotopic (exact) mass is 254 g/mol. The molecule has 1 saturated heterocycles. The Labute approximate surface area is 101 Å². The Morgan fingerprint density at radius 2 is 1.76 bits per heavy atom. The molecule has 0 atom stereocenters. The van der Waals surface area contributed by atoms with Crippen molar-refractivity contribution in [2.24, 2.45) is 0 Å².